The summed E-state index contributed by atoms with van der Waals surface area (Å²) in [7, 11) is 0. The van der Waals surface area contributed by atoms with Gasteiger partial charge in [-0.2, -0.15) is 0 Å². The van der Waals surface area contributed by atoms with Gasteiger partial charge in [0.05, 0.1) is 12.0 Å². The first-order valence-corrected chi connectivity index (χ1v) is 8.87. The molecule has 1 aromatic heterocycles. The zero-order chi connectivity index (χ0) is 17.5. The normalized spacial score (nSPS) is 11.0. The first-order chi connectivity index (χ1) is 12.3. The Bertz CT molecular complexity index is 818. The summed E-state index contributed by atoms with van der Waals surface area (Å²) >= 11 is 0. The van der Waals surface area contributed by atoms with E-state index in [0.717, 1.165) is 12.8 Å². The maximum atomic E-state index is 13.8. The van der Waals surface area contributed by atoms with Crippen LogP contribution in [0.2, 0.25) is 0 Å². The van der Waals surface area contributed by atoms with Crippen LogP contribution in [0.4, 0.5) is 4.39 Å². The van der Waals surface area contributed by atoms with Gasteiger partial charge in [-0.15, -0.1) is 0 Å². The zero-order valence-electron chi connectivity index (χ0n) is 14.5. The molecule has 0 unspecified atom stereocenters. The van der Waals surface area contributed by atoms with Crippen molar-refractivity contribution >= 4 is 10.9 Å². The second kappa shape index (κ2) is 8.56. The third kappa shape index (κ3) is 4.53. The highest BCUT2D eigenvalue weighted by atomic mass is 19.1. The smallest absolute Gasteiger partial charge is 0.224 e. The molecule has 25 heavy (non-hydrogen) atoms. The van der Waals surface area contributed by atoms with Crippen LogP contribution >= 0.6 is 0 Å². The third-order valence-corrected chi connectivity index (χ3v) is 4.30. The molecule has 0 N–H and O–H groups in total. The topological polar surface area (TPSA) is 35.0 Å². The molecule has 2 aromatic carbocycles. The third-order valence-electron chi connectivity index (χ3n) is 4.30. The molecule has 0 aliphatic rings. The molecule has 0 aliphatic heterocycles. The molecule has 3 rings (SSSR count). The van der Waals surface area contributed by atoms with Crippen LogP contribution in [0, 0.1) is 5.82 Å². The van der Waals surface area contributed by atoms with Crippen LogP contribution in [0.1, 0.15) is 37.3 Å². The molecule has 0 amide bonds. The molecule has 1 heterocycles. The highest BCUT2D eigenvalue weighted by molar-refractivity contribution is 5.83. The molecule has 3 nitrogen and oxygen atoms in total. The first kappa shape index (κ1) is 17.3. The molecule has 4 heteroatoms. The summed E-state index contributed by atoms with van der Waals surface area (Å²) in [5.74, 6) is 0.0732. The van der Waals surface area contributed by atoms with Gasteiger partial charge < -0.3 is 4.74 Å². The Hall–Kier alpha value is -2.49. The van der Waals surface area contributed by atoms with Crippen molar-refractivity contribution in [3.63, 3.8) is 0 Å². The van der Waals surface area contributed by atoms with Crippen molar-refractivity contribution in [2.45, 2.75) is 39.0 Å². The van der Waals surface area contributed by atoms with Gasteiger partial charge in [0.25, 0.3) is 0 Å². The molecule has 0 radical (unpaired) electrons. The number of rotatable bonds is 8. The highest BCUT2D eigenvalue weighted by Gasteiger charge is 2.08. The van der Waals surface area contributed by atoms with Crippen molar-refractivity contribution in [3.8, 4) is 5.88 Å². The minimum absolute atomic E-state index is 0.295. The van der Waals surface area contributed by atoms with Crippen molar-refractivity contribution in [3.05, 3.63) is 65.7 Å². The summed E-state index contributed by atoms with van der Waals surface area (Å²) in [6.07, 6.45) is 7.04. The molecule has 130 valence electrons. The summed E-state index contributed by atoms with van der Waals surface area (Å²) in [4.78, 5) is 8.12. The standard InChI is InChI=1S/C21H23FN2O/c1-2-3-4-6-16-9-11-17(12-10-16)13-14-25-21-18-7-5-8-19(22)20(18)23-15-24-21/h5,7-12,15H,2-4,6,13-14H2,1H3. The lowest BCUT2D eigenvalue weighted by Crippen LogP contribution is -2.04. The van der Waals surface area contributed by atoms with Crippen molar-refractivity contribution < 1.29 is 9.13 Å². The Morgan fingerprint density at radius 2 is 1.68 bits per heavy atom. The van der Waals surface area contributed by atoms with E-state index in [1.807, 2.05) is 0 Å². The molecule has 0 bridgehead atoms. The predicted octanol–water partition coefficient (Wildman–Crippen LogP) is 5.12. The monoisotopic (exact) mass is 338 g/mol. The van der Waals surface area contributed by atoms with E-state index in [4.69, 9.17) is 4.74 Å². The molecular weight excluding hydrogens is 315 g/mol. The van der Waals surface area contributed by atoms with E-state index in [2.05, 4.69) is 41.2 Å². The molecule has 0 fully saturated rings. The fraction of sp³-hybridized carbons (Fsp3) is 0.333. The van der Waals surface area contributed by atoms with Gasteiger partial charge in [-0.3, -0.25) is 0 Å². The van der Waals surface area contributed by atoms with Crippen LogP contribution in [0.15, 0.2) is 48.8 Å². The Morgan fingerprint density at radius 1 is 0.920 bits per heavy atom. The predicted molar refractivity (Wildman–Crippen MR) is 98.4 cm³/mol. The second-order valence-electron chi connectivity index (χ2n) is 6.19. The number of nitrogens with zero attached hydrogens (tertiary/aromatic N) is 2. The molecule has 3 aromatic rings. The number of halogens is 1. The Kier molecular flexibility index (Phi) is 5.94. The molecule has 0 atom stereocenters. The van der Waals surface area contributed by atoms with Crippen LogP contribution in [0.5, 0.6) is 5.88 Å². The van der Waals surface area contributed by atoms with E-state index in [0.29, 0.717) is 23.4 Å². The minimum Gasteiger partial charge on any atom is -0.477 e. The number of aryl methyl sites for hydroxylation is 1. The molecule has 0 saturated heterocycles. The lowest BCUT2D eigenvalue weighted by atomic mass is 10.0. The summed E-state index contributed by atoms with van der Waals surface area (Å²) in [6, 6.07) is 13.5. The number of ether oxygens (including phenoxy) is 1. The quantitative estimate of drug-likeness (QED) is 0.535. The van der Waals surface area contributed by atoms with Gasteiger partial charge in [-0.1, -0.05) is 50.1 Å². The van der Waals surface area contributed by atoms with E-state index in [1.54, 1.807) is 12.1 Å². The van der Waals surface area contributed by atoms with Crippen LogP contribution in [-0.4, -0.2) is 16.6 Å². The van der Waals surface area contributed by atoms with Crippen molar-refractivity contribution in [1.29, 1.82) is 0 Å². The van der Waals surface area contributed by atoms with Gasteiger partial charge in [0.2, 0.25) is 5.88 Å². The fourth-order valence-electron chi connectivity index (χ4n) is 2.86. The summed E-state index contributed by atoms with van der Waals surface area (Å²) < 4.78 is 19.5. The lowest BCUT2D eigenvalue weighted by Gasteiger charge is -2.08. The molecule has 0 spiro atoms. The average molecular weight is 338 g/mol. The molecule has 0 aliphatic carbocycles. The maximum Gasteiger partial charge on any atom is 0.224 e. The maximum absolute atomic E-state index is 13.8. The summed E-state index contributed by atoms with van der Waals surface area (Å²) in [5.41, 5.74) is 2.91. The Morgan fingerprint density at radius 3 is 2.44 bits per heavy atom. The number of hydrogen-bond acceptors (Lipinski definition) is 3. The zero-order valence-corrected chi connectivity index (χ0v) is 14.5. The number of aromatic nitrogens is 2. The van der Waals surface area contributed by atoms with Crippen molar-refractivity contribution in [1.82, 2.24) is 9.97 Å². The first-order valence-electron chi connectivity index (χ1n) is 8.87. The average Bonchev–Trinajstić information content (AvgIpc) is 2.64. The highest BCUT2D eigenvalue weighted by Crippen LogP contribution is 2.23. The largest absolute Gasteiger partial charge is 0.477 e. The Labute approximate surface area is 147 Å². The van der Waals surface area contributed by atoms with E-state index in [1.165, 1.54) is 42.8 Å². The van der Waals surface area contributed by atoms with Crippen LogP contribution in [0.3, 0.4) is 0 Å². The summed E-state index contributed by atoms with van der Waals surface area (Å²) in [6.45, 7) is 2.72. The second-order valence-corrected chi connectivity index (χ2v) is 6.19. The Balaban J connectivity index is 1.57. The SMILES string of the molecule is CCCCCc1ccc(CCOc2ncnc3c(F)cccc23)cc1. The van der Waals surface area contributed by atoms with Crippen LogP contribution in [-0.2, 0) is 12.8 Å². The van der Waals surface area contributed by atoms with Crippen LogP contribution < -0.4 is 4.74 Å². The molecule has 0 saturated carbocycles. The number of fused-ring (bicyclic) bond motifs is 1. The van der Waals surface area contributed by atoms with Gasteiger partial charge in [0.1, 0.15) is 17.7 Å². The van der Waals surface area contributed by atoms with Gasteiger partial charge in [0.15, 0.2) is 0 Å². The van der Waals surface area contributed by atoms with Gasteiger partial charge in [-0.05, 0) is 36.1 Å². The van der Waals surface area contributed by atoms with Gasteiger partial charge >= 0.3 is 0 Å². The fourth-order valence-corrected chi connectivity index (χ4v) is 2.86. The van der Waals surface area contributed by atoms with E-state index >= 15 is 0 Å². The van der Waals surface area contributed by atoms with E-state index < -0.39 is 0 Å². The number of unbranched alkanes of at least 4 members (excludes halogenated alkanes) is 2. The molecular formula is C21H23FN2O. The van der Waals surface area contributed by atoms with Gasteiger partial charge in [-0.25, -0.2) is 14.4 Å². The van der Waals surface area contributed by atoms with Crippen LogP contribution in [0.25, 0.3) is 10.9 Å². The summed E-state index contributed by atoms with van der Waals surface area (Å²) in [5, 5.41) is 0.605. The number of benzene rings is 2. The van der Waals surface area contributed by atoms with Crippen molar-refractivity contribution in [2.24, 2.45) is 0 Å². The van der Waals surface area contributed by atoms with Gasteiger partial charge in [0, 0.05) is 6.42 Å². The van der Waals surface area contributed by atoms with Crippen molar-refractivity contribution in [2.75, 3.05) is 6.61 Å². The van der Waals surface area contributed by atoms with E-state index in [-0.39, 0.29) is 5.82 Å². The minimum atomic E-state index is -0.358. The van der Waals surface area contributed by atoms with E-state index in [9.17, 15) is 4.39 Å². The number of para-hydroxylation sites is 1. The number of hydrogen-bond donors (Lipinski definition) is 0. The lowest BCUT2D eigenvalue weighted by molar-refractivity contribution is 0.313.